The van der Waals surface area contributed by atoms with Gasteiger partial charge in [0, 0.05) is 40.6 Å². The van der Waals surface area contributed by atoms with Gasteiger partial charge in [0.2, 0.25) is 11.7 Å². The van der Waals surface area contributed by atoms with E-state index >= 15 is 0 Å². The Kier molecular flexibility index (Phi) is 4.87. The number of hydrogen-bond acceptors (Lipinski definition) is 7. The number of ketones is 1. The minimum absolute atomic E-state index is 0.0164. The third-order valence-electron chi connectivity index (χ3n) is 5.00. The third kappa shape index (κ3) is 3.47. The van der Waals surface area contributed by atoms with E-state index in [0.29, 0.717) is 11.3 Å². The molecule has 8 nitrogen and oxygen atoms in total. The molecule has 1 aliphatic heterocycles. The molecule has 1 aliphatic rings. The number of pyridine rings is 2. The molecule has 2 N–H and O–H groups in total. The van der Waals surface area contributed by atoms with E-state index in [1.165, 1.54) is 0 Å². The molecule has 32 heavy (non-hydrogen) atoms. The van der Waals surface area contributed by atoms with Crippen LogP contribution in [0.15, 0.2) is 78.3 Å². The number of benzene rings is 1. The number of carbonyl (C=O) groups excluding carboxylic acids is 2. The summed E-state index contributed by atoms with van der Waals surface area (Å²) in [7, 11) is 0. The molecule has 0 radical (unpaired) electrons. The average molecular weight is 426 g/mol. The fourth-order valence-electron chi connectivity index (χ4n) is 3.53. The first-order valence-electron chi connectivity index (χ1n) is 10.0. The van der Waals surface area contributed by atoms with Crippen LogP contribution in [-0.4, -0.2) is 33.3 Å². The lowest BCUT2D eigenvalue weighted by atomic mass is 10.1. The monoisotopic (exact) mass is 426 g/mol. The number of aromatic amines is 1. The number of anilines is 1. The van der Waals surface area contributed by atoms with Crippen LogP contribution in [-0.2, 0) is 19.1 Å². The lowest BCUT2D eigenvalue weighted by Crippen LogP contribution is -2.16. The van der Waals surface area contributed by atoms with Crippen molar-refractivity contribution in [2.24, 2.45) is 0 Å². The molecule has 0 bridgehead atoms. The van der Waals surface area contributed by atoms with Gasteiger partial charge in [-0.3, -0.25) is 9.78 Å². The van der Waals surface area contributed by atoms with Gasteiger partial charge in [0.15, 0.2) is 11.3 Å². The molecule has 5 rings (SSSR count). The van der Waals surface area contributed by atoms with E-state index in [2.05, 4.69) is 20.3 Å². The highest BCUT2D eigenvalue weighted by Gasteiger charge is 2.37. The molecule has 4 heterocycles. The molecule has 158 valence electrons. The Morgan fingerprint density at radius 3 is 2.91 bits per heavy atom. The number of ether oxygens (including phenoxy) is 2. The Balaban J connectivity index is 1.52. The van der Waals surface area contributed by atoms with E-state index in [9.17, 15) is 9.59 Å². The van der Waals surface area contributed by atoms with Crippen LogP contribution in [0.3, 0.4) is 0 Å². The van der Waals surface area contributed by atoms with Gasteiger partial charge in [0.25, 0.3) is 0 Å². The number of fused-ring (bicyclic) bond motifs is 2. The molecular weight excluding hydrogens is 408 g/mol. The molecule has 8 heteroatoms. The molecule has 0 saturated heterocycles. The van der Waals surface area contributed by atoms with Gasteiger partial charge in [-0.25, -0.2) is 9.78 Å². The van der Waals surface area contributed by atoms with Crippen LogP contribution >= 0.6 is 0 Å². The molecular formula is C24H18N4O4. The second-order valence-electron chi connectivity index (χ2n) is 7.04. The number of Topliss-reactive ketones (excluding diaryl/α,β-unsaturated/α-hetero) is 1. The van der Waals surface area contributed by atoms with Crippen molar-refractivity contribution in [1.82, 2.24) is 15.0 Å². The zero-order valence-corrected chi connectivity index (χ0v) is 17.1. The first kappa shape index (κ1) is 19.5. The smallest absolute Gasteiger partial charge is 0.347 e. The maximum absolute atomic E-state index is 13.1. The number of nitrogens with one attached hydrogen (secondary N) is 2. The lowest BCUT2D eigenvalue weighted by Gasteiger charge is -2.09. The number of aromatic nitrogens is 3. The van der Waals surface area contributed by atoms with Crippen molar-refractivity contribution >= 4 is 45.5 Å². The van der Waals surface area contributed by atoms with E-state index in [0.717, 1.165) is 21.9 Å². The summed E-state index contributed by atoms with van der Waals surface area (Å²) in [5, 5.41) is 4.78. The molecule has 1 aromatic carbocycles. The summed E-state index contributed by atoms with van der Waals surface area (Å²) in [5.74, 6) is -1.25. The summed E-state index contributed by atoms with van der Waals surface area (Å²) < 4.78 is 10.9. The Morgan fingerprint density at radius 1 is 1.19 bits per heavy atom. The zero-order chi connectivity index (χ0) is 22.1. The van der Waals surface area contributed by atoms with Gasteiger partial charge in [0.05, 0.1) is 12.1 Å². The van der Waals surface area contributed by atoms with Crippen molar-refractivity contribution in [3.8, 4) is 0 Å². The van der Waals surface area contributed by atoms with Gasteiger partial charge in [-0.2, -0.15) is 0 Å². The maximum Gasteiger partial charge on any atom is 0.347 e. The third-order valence-corrected chi connectivity index (χ3v) is 5.00. The standard InChI is InChI=1S/C24H18N4O4/c1-2-31-24(30)20-21(29)19(12-15-13-27-22-17(15)6-4-10-26-22)32-23(20)28-16-7-8-18-14(11-16)5-3-9-25-18/h3-13,28H,2H2,1H3,(H,26,27)/b19-12-. The molecule has 3 aromatic heterocycles. The highest BCUT2D eigenvalue weighted by Crippen LogP contribution is 2.30. The summed E-state index contributed by atoms with van der Waals surface area (Å²) in [5.41, 5.74) is 2.70. The van der Waals surface area contributed by atoms with E-state index in [-0.39, 0.29) is 23.8 Å². The SMILES string of the molecule is CCOC(=O)C1=C(Nc2ccc3ncccc3c2)O/C(=C\c2c[nH]c3ncccc23)C1=O. The fraction of sp³-hybridized carbons (Fsp3) is 0.0833. The molecule has 0 saturated carbocycles. The van der Waals surface area contributed by atoms with Gasteiger partial charge in [-0.05, 0) is 49.4 Å². The maximum atomic E-state index is 13.1. The number of H-pyrrole nitrogens is 1. The van der Waals surface area contributed by atoms with Crippen molar-refractivity contribution in [3.05, 3.63) is 83.8 Å². The van der Waals surface area contributed by atoms with E-state index in [1.54, 1.807) is 43.7 Å². The topological polar surface area (TPSA) is 106 Å². The molecule has 0 atom stereocenters. The first-order valence-corrected chi connectivity index (χ1v) is 10.0. The minimum Gasteiger partial charge on any atom is -0.462 e. The van der Waals surface area contributed by atoms with Crippen molar-refractivity contribution < 1.29 is 19.1 Å². The number of carbonyl (C=O) groups is 2. The van der Waals surface area contributed by atoms with Crippen LogP contribution in [0.25, 0.3) is 28.0 Å². The van der Waals surface area contributed by atoms with E-state index < -0.39 is 11.8 Å². The Hall–Kier alpha value is -4.46. The van der Waals surface area contributed by atoms with Gasteiger partial charge in [-0.15, -0.1) is 0 Å². The van der Waals surface area contributed by atoms with Gasteiger partial charge in [-0.1, -0.05) is 6.07 Å². The van der Waals surface area contributed by atoms with Crippen molar-refractivity contribution in [1.29, 1.82) is 0 Å². The number of rotatable bonds is 5. The highest BCUT2D eigenvalue weighted by atomic mass is 16.5. The van der Waals surface area contributed by atoms with Gasteiger partial charge in [0.1, 0.15) is 5.65 Å². The summed E-state index contributed by atoms with van der Waals surface area (Å²) in [6, 6.07) is 12.9. The predicted molar refractivity (Wildman–Crippen MR) is 119 cm³/mol. The van der Waals surface area contributed by atoms with Crippen LogP contribution in [0.4, 0.5) is 5.69 Å². The fourth-order valence-corrected chi connectivity index (χ4v) is 3.53. The molecule has 4 aromatic rings. The van der Waals surface area contributed by atoms with Crippen molar-refractivity contribution in [2.45, 2.75) is 6.92 Å². The summed E-state index contributed by atoms with van der Waals surface area (Å²) in [4.78, 5) is 37.2. The van der Waals surface area contributed by atoms with E-state index in [1.807, 2.05) is 30.3 Å². The molecule has 0 unspecified atom stereocenters. The Bertz CT molecular complexity index is 1430. The quantitative estimate of drug-likeness (QED) is 0.283. The summed E-state index contributed by atoms with van der Waals surface area (Å²) >= 11 is 0. The van der Waals surface area contributed by atoms with Crippen molar-refractivity contribution in [3.63, 3.8) is 0 Å². The normalized spacial score (nSPS) is 14.9. The molecule has 0 spiro atoms. The molecule has 0 fully saturated rings. The Morgan fingerprint density at radius 2 is 2.03 bits per heavy atom. The first-order chi connectivity index (χ1) is 15.6. The minimum atomic E-state index is -0.744. The molecule has 0 aliphatic carbocycles. The van der Waals surface area contributed by atoms with Crippen LogP contribution in [0.2, 0.25) is 0 Å². The van der Waals surface area contributed by atoms with Gasteiger partial charge >= 0.3 is 5.97 Å². The second-order valence-corrected chi connectivity index (χ2v) is 7.04. The number of nitrogens with zero attached hydrogens (tertiary/aromatic N) is 2. The number of esters is 1. The van der Waals surface area contributed by atoms with E-state index in [4.69, 9.17) is 9.47 Å². The lowest BCUT2D eigenvalue weighted by molar-refractivity contribution is -0.139. The molecule has 0 amide bonds. The Labute approximate surface area is 182 Å². The van der Waals surface area contributed by atoms with Crippen LogP contribution < -0.4 is 5.32 Å². The number of allylic oxidation sites excluding steroid dienone is 1. The number of hydrogen-bond donors (Lipinski definition) is 2. The van der Waals surface area contributed by atoms with Crippen LogP contribution in [0.5, 0.6) is 0 Å². The second kappa shape index (κ2) is 7.99. The van der Waals surface area contributed by atoms with Gasteiger partial charge < -0.3 is 19.8 Å². The largest absolute Gasteiger partial charge is 0.462 e. The average Bonchev–Trinajstić information content (AvgIpc) is 3.35. The van der Waals surface area contributed by atoms with Crippen LogP contribution in [0, 0.1) is 0 Å². The highest BCUT2D eigenvalue weighted by molar-refractivity contribution is 6.26. The summed E-state index contributed by atoms with van der Waals surface area (Å²) in [6.45, 7) is 1.82. The predicted octanol–water partition coefficient (Wildman–Crippen LogP) is 3.94. The summed E-state index contributed by atoms with van der Waals surface area (Å²) in [6.07, 6.45) is 6.70. The van der Waals surface area contributed by atoms with Crippen LogP contribution in [0.1, 0.15) is 12.5 Å². The van der Waals surface area contributed by atoms with Crippen molar-refractivity contribution in [2.75, 3.05) is 11.9 Å². The zero-order valence-electron chi connectivity index (χ0n) is 17.1.